The minimum Gasteiger partial charge on any atom is -0.321 e. The highest BCUT2D eigenvalue weighted by atomic mass is 32.2. The van der Waals surface area contributed by atoms with Gasteiger partial charge in [0.2, 0.25) is 5.91 Å². The average Bonchev–Trinajstić information content (AvgIpc) is 3.42. The zero-order chi connectivity index (χ0) is 27.9. The number of hydrogen-bond acceptors (Lipinski definition) is 4. The van der Waals surface area contributed by atoms with Gasteiger partial charge in [-0.15, -0.1) is 11.8 Å². The lowest BCUT2D eigenvalue weighted by Gasteiger charge is -2.17. The van der Waals surface area contributed by atoms with Crippen molar-refractivity contribution >= 4 is 46.9 Å². The smallest absolute Gasteiger partial charge is 0.272 e. The Labute approximate surface area is 238 Å². The normalized spacial score (nSPS) is 12.5. The maximum Gasteiger partial charge on any atom is 0.272 e. The summed E-state index contributed by atoms with van der Waals surface area (Å²) in [4.78, 5) is 41.7. The first-order chi connectivity index (χ1) is 19.5. The number of thioether (sulfide) groups is 1. The number of nitrogens with zero attached hydrogens (tertiary/aromatic N) is 1. The van der Waals surface area contributed by atoms with Crippen LogP contribution in [0, 0.1) is 6.92 Å². The zero-order valence-corrected chi connectivity index (χ0v) is 22.9. The molecule has 0 aliphatic carbocycles. The van der Waals surface area contributed by atoms with Gasteiger partial charge in [-0.3, -0.25) is 14.4 Å². The number of carbonyl (C=O) groups is 3. The van der Waals surface area contributed by atoms with Gasteiger partial charge in [0.15, 0.2) is 0 Å². The molecule has 5 rings (SSSR count). The molecule has 0 fully saturated rings. The molecule has 7 heteroatoms. The van der Waals surface area contributed by atoms with Crippen LogP contribution in [0.2, 0.25) is 0 Å². The second-order valence-corrected chi connectivity index (χ2v) is 10.5. The highest BCUT2D eigenvalue weighted by molar-refractivity contribution is 8.00. The zero-order valence-electron chi connectivity index (χ0n) is 22.1. The van der Waals surface area contributed by atoms with Crippen LogP contribution in [0.5, 0.6) is 0 Å². The molecule has 4 aromatic rings. The van der Waals surface area contributed by atoms with E-state index >= 15 is 0 Å². The number of amides is 3. The summed E-state index contributed by atoms with van der Waals surface area (Å²) >= 11 is 1.46. The number of nitrogens with one attached hydrogen (secondary N) is 2. The predicted molar refractivity (Wildman–Crippen MR) is 161 cm³/mol. The molecule has 0 atom stereocenters. The highest BCUT2D eigenvalue weighted by Crippen LogP contribution is 2.29. The van der Waals surface area contributed by atoms with Crippen LogP contribution in [0.25, 0.3) is 6.08 Å². The van der Waals surface area contributed by atoms with E-state index in [1.54, 1.807) is 42.5 Å². The Kier molecular flexibility index (Phi) is 8.42. The van der Waals surface area contributed by atoms with Crippen LogP contribution in [0.3, 0.4) is 0 Å². The Bertz CT molecular complexity index is 1550. The summed E-state index contributed by atoms with van der Waals surface area (Å²) in [7, 11) is 0. The van der Waals surface area contributed by atoms with Crippen molar-refractivity contribution in [2.75, 3.05) is 22.5 Å². The summed E-state index contributed by atoms with van der Waals surface area (Å²) in [6.45, 7) is 2.70. The lowest BCUT2D eigenvalue weighted by Crippen LogP contribution is -2.30. The van der Waals surface area contributed by atoms with Crippen LogP contribution in [0.15, 0.2) is 114 Å². The van der Waals surface area contributed by atoms with E-state index in [-0.39, 0.29) is 17.5 Å². The van der Waals surface area contributed by atoms with Gasteiger partial charge in [-0.1, -0.05) is 66.2 Å². The molecule has 0 unspecified atom stereocenters. The van der Waals surface area contributed by atoms with Crippen molar-refractivity contribution < 1.29 is 14.4 Å². The molecule has 4 aromatic carbocycles. The maximum atomic E-state index is 13.2. The van der Waals surface area contributed by atoms with Crippen molar-refractivity contribution in [3.63, 3.8) is 0 Å². The predicted octanol–water partition coefficient (Wildman–Crippen LogP) is 6.09. The number of hydrogen-bond donors (Lipinski definition) is 2. The van der Waals surface area contributed by atoms with Crippen LogP contribution in [-0.4, -0.2) is 30.0 Å². The molecule has 0 saturated carbocycles. The molecule has 1 aliphatic heterocycles. The SMILES string of the molecule is Cc1ccc(C=C(NC(=O)c2ccccc2)C(=O)Nc2ccc(SCC(=O)N3CCc4ccccc43)cc2)cc1. The fourth-order valence-corrected chi connectivity index (χ4v) is 5.20. The molecular weight excluding hydrogens is 518 g/mol. The third-order valence-electron chi connectivity index (χ3n) is 6.58. The molecule has 0 spiro atoms. The quantitative estimate of drug-likeness (QED) is 0.207. The first kappa shape index (κ1) is 27.0. The molecule has 0 radical (unpaired) electrons. The van der Waals surface area contributed by atoms with E-state index in [0.717, 1.165) is 28.1 Å². The van der Waals surface area contributed by atoms with E-state index in [0.29, 0.717) is 23.5 Å². The number of carbonyl (C=O) groups excluding carboxylic acids is 3. The summed E-state index contributed by atoms with van der Waals surface area (Å²) in [5.74, 6) is -0.402. The van der Waals surface area contributed by atoms with E-state index in [9.17, 15) is 14.4 Å². The van der Waals surface area contributed by atoms with Crippen LogP contribution in [-0.2, 0) is 16.0 Å². The monoisotopic (exact) mass is 547 g/mol. The van der Waals surface area contributed by atoms with Gasteiger partial charge in [0.25, 0.3) is 11.8 Å². The highest BCUT2D eigenvalue weighted by Gasteiger charge is 2.24. The molecule has 40 heavy (non-hydrogen) atoms. The number of para-hydroxylation sites is 1. The topological polar surface area (TPSA) is 78.5 Å². The Morgan fingerprint density at radius 1 is 0.850 bits per heavy atom. The number of aryl methyl sites for hydroxylation is 1. The summed E-state index contributed by atoms with van der Waals surface area (Å²) in [5, 5.41) is 5.63. The van der Waals surface area contributed by atoms with E-state index in [1.165, 1.54) is 17.3 Å². The summed E-state index contributed by atoms with van der Waals surface area (Å²) < 4.78 is 0. The minimum absolute atomic E-state index is 0.0763. The van der Waals surface area contributed by atoms with E-state index in [2.05, 4.69) is 16.7 Å². The van der Waals surface area contributed by atoms with Gasteiger partial charge in [0.05, 0.1) is 5.75 Å². The van der Waals surface area contributed by atoms with Crippen LogP contribution in [0.1, 0.15) is 27.0 Å². The summed E-state index contributed by atoms with van der Waals surface area (Å²) in [5.41, 5.74) is 5.27. The largest absolute Gasteiger partial charge is 0.321 e. The second-order valence-electron chi connectivity index (χ2n) is 9.48. The van der Waals surface area contributed by atoms with Gasteiger partial charge < -0.3 is 15.5 Å². The van der Waals surface area contributed by atoms with Gasteiger partial charge >= 0.3 is 0 Å². The summed E-state index contributed by atoms with van der Waals surface area (Å²) in [6.07, 6.45) is 2.54. The fraction of sp³-hybridized carbons (Fsp3) is 0.121. The molecule has 1 aliphatic rings. The van der Waals surface area contributed by atoms with Crippen molar-refractivity contribution in [1.82, 2.24) is 5.32 Å². The van der Waals surface area contributed by atoms with Crippen LogP contribution >= 0.6 is 11.8 Å². The number of rotatable bonds is 8. The lowest BCUT2D eigenvalue weighted by atomic mass is 10.1. The van der Waals surface area contributed by atoms with Gasteiger partial charge in [0, 0.05) is 28.4 Å². The first-order valence-corrected chi connectivity index (χ1v) is 14.0. The maximum absolute atomic E-state index is 13.2. The summed E-state index contributed by atoms with van der Waals surface area (Å²) in [6, 6.07) is 31.8. The van der Waals surface area contributed by atoms with E-state index in [4.69, 9.17) is 0 Å². The van der Waals surface area contributed by atoms with Crippen molar-refractivity contribution in [2.45, 2.75) is 18.2 Å². The molecular formula is C33H29N3O3S. The Hall–Kier alpha value is -4.62. The standard InChI is InChI=1S/C33H29N3O3S/c1-23-11-13-24(14-12-23)21-29(35-32(38)26-8-3-2-4-9-26)33(39)34-27-15-17-28(18-16-27)40-22-31(37)36-20-19-25-7-5-6-10-30(25)36/h2-18,21H,19-20,22H2,1H3,(H,34,39)(H,35,38). The van der Waals surface area contributed by atoms with Crippen molar-refractivity contribution in [3.05, 3.63) is 131 Å². The van der Waals surface area contributed by atoms with Crippen LogP contribution in [0.4, 0.5) is 11.4 Å². The van der Waals surface area contributed by atoms with Crippen molar-refractivity contribution in [2.24, 2.45) is 0 Å². The number of benzene rings is 4. The molecule has 2 N–H and O–H groups in total. The van der Waals surface area contributed by atoms with E-state index < -0.39 is 5.91 Å². The molecule has 1 heterocycles. The molecule has 0 saturated heterocycles. The van der Waals surface area contributed by atoms with E-state index in [1.807, 2.05) is 72.5 Å². The molecule has 3 amide bonds. The lowest BCUT2D eigenvalue weighted by molar-refractivity contribution is -0.116. The number of anilines is 2. The minimum atomic E-state index is -0.437. The van der Waals surface area contributed by atoms with Crippen molar-refractivity contribution in [1.29, 1.82) is 0 Å². The molecule has 0 aromatic heterocycles. The van der Waals surface area contributed by atoms with Gasteiger partial charge in [-0.2, -0.15) is 0 Å². The van der Waals surface area contributed by atoms with Gasteiger partial charge in [-0.25, -0.2) is 0 Å². The molecule has 6 nitrogen and oxygen atoms in total. The Morgan fingerprint density at radius 2 is 1.55 bits per heavy atom. The molecule has 200 valence electrons. The second kappa shape index (κ2) is 12.5. The average molecular weight is 548 g/mol. The third-order valence-corrected chi connectivity index (χ3v) is 7.58. The van der Waals surface area contributed by atoms with Crippen LogP contribution < -0.4 is 15.5 Å². The van der Waals surface area contributed by atoms with Gasteiger partial charge in [0.1, 0.15) is 5.70 Å². The Morgan fingerprint density at radius 3 is 2.30 bits per heavy atom. The number of fused-ring (bicyclic) bond motifs is 1. The van der Waals surface area contributed by atoms with Crippen molar-refractivity contribution in [3.8, 4) is 0 Å². The fourth-order valence-electron chi connectivity index (χ4n) is 4.42. The Balaban J connectivity index is 1.23. The first-order valence-electron chi connectivity index (χ1n) is 13.0. The molecule has 0 bridgehead atoms. The van der Waals surface area contributed by atoms with Gasteiger partial charge in [-0.05, 0) is 73.0 Å². The third kappa shape index (κ3) is 6.68.